The zero-order valence-corrected chi connectivity index (χ0v) is 12.4. The maximum absolute atomic E-state index is 5.86. The topological polar surface area (TPSA) is 35.2 Å². The molecule has 2 aromatic carbocycles. The van der Waals surface area contributed by atoms with Crippen LogP contribution >= 0.6 is 22.9 Å². The summed E-state index contributed by atoms with van der Waals surface area (Å²) < 4.78 is 7.06. The molecule has 0 fully saturated rings. The van der Waals surface area contributed by atoms with Crippen LogP contribution < -0.4 is 10.5 Å². The van der Waals surface area contributed by atoms with Crippen LogP contribution in [0.3, 0.4) is 0 Å². The molecule has 3 aromatic rings. The van der Waals surface area contributed by atoms with E-state index in [9.17, 15) is 0 Å². The van der Waals surface area contributed by atoms with Crippen LogP contribution in [0.5, 0.6) is 5.75 Å². The van der Waals surface area contributed by atoms with Gasteiger partial charge in [0.2, 0.25) is 0 Å². The maximum Gasteiger partial charge on any atom is 0.119 e. The average Bonchev–Trinajstić information content (AvgIpc) is 2.90. The Kier molecular flexibility index (Phi) is 3.92. The molecule has 20 heavy (non-hydrogen) atoms. The Hall–Kier alpha value is -1.55. The lowest BCUT2D eigenvalue weighted by molar-refractivity contribution is 0.308. The summed E-state index contributed by atoms with van der Waals surface area (Å²) in [5.74, 6) is 0.823. The molecule has 0 aliphatic rings. The Morgan fingerprint density at radius 2 is 1.85 bits per heavy atom. The summed E-state index contributed by atoms with van der Waals surface area (Å²) in [6.45, 7) is 1.12. The Bertz CT molecular complexity index is 721. The third-order valence-corrected chi connectivity index (χ3v) is 4.56. The second kappa shape index (κ2) is 5.83. The van der Waals surface area contributed by atoms with E-state index >= 15 is 0 Å². The van der Waals surface area contributed by atoms with Gasteiger partial charge in [0.25, 0.3) is 0 Å². The van der Waals surface area contributed by atoms with Gasteiger partial charge in [0.05, 0.1) is 0 Å². The minimum atomic E-state index is 0.551. The fraction of sp³-hybridized carbons (Fsp3) is 0.125. The monoisotopic (exact) mass is 303 g/mol. The summed E-state index contributed by atoms with van der Waals surface area (Å²) in [4.78, 5) is 0. The van der Waals surface area contributed by atoms with Crippen LogP contribution in [0.25, 0.3) is 10.1 Å². The van der Waals surface area contributed by atoms with E-state index in [0.29, 0.717) is 18.2 Å². The quantitative estimate of drug-likeness (QED) is 0.765. The summed E-state index contributed by atoms with van der Waals surface area (Å²) in [6.07, 6.45) is 0. The summed E-state index contributed by atoms with van der Waals surface area (Å²) >= 11 is 7.58. The van der Waals surface area contributed by atoms with Gasteiger partial charge in [-0.3, -0.25) is 0 Å². The number of fused-ring (bicyclic) bond motifs is 1. The first-order chi connectivity index (χ1) is 9.78. The van der Waals surface area contributed by atoms with Crippen molar-refractivity contribution in [1.82, 2.24) is 0 Å². The molecule has 0 amide bonds. The Balaban J connectivity index is 1.83. The molecule has 1 heterocycles. The lowest BCUT2D eigenvalue weighted by Crippen LogP contribution is -1.97. The van der Waals surface area contributed by atoms with Gasteiger partial charge in [0, 0.05) is 21.8 Å². The zero-order valence-electron chi connectivity index (χ0n) is 10.8. The second-order valence-electron chi connectivity index (χ2n) is 4.50. The molecule has 0 bridgehead atoms. The third kappa shape index (κ3) is 2.66. The molecule has 102 valence electrons. The average molecular weight is 304 g/mol. The van der Waals surface area contributed by atoms with Crippen molar-refractivity contribution in [3.63, 3.8) is 0 Å². The number of halogens is 1. The molecule has 0 radical (unpaired) electrons. The minimum absolute atomic E-state index is 0.551. The minimum Gasteiger partial charge on any atom is -0.489 e. The number of hydrogen-bond acceptors (Lipinski definition) is 3. The molecule has 0 aliphatic carbocycles. The van der Waals surface area contributed by atoms with Gasteiger partial charge >= 0.3 is 0 Å². The lowest BCUT2D eigenvalue weighted by Gasteiger charge is -2.06. The van der Waals surface area contributed by atoms with E-state index in [0.717, 1.165) is 5.75 Å². The first kappa shape index (κ1) is 13.4. The highest BCUT2D eigenvalue weighted by Crippen LogP contribution is 2.30. The van der Waals surface area contributed by atoms with Gasteiger partial charge in [-0.1, -0.05) is 29.8 Å². The van der Waals surface area contributed by atoms with E-state index in [1.807, 2.05) is 30.3 Å². The molecular formula is C16H14ClNOS. The summed E-state index contributed by atoms with van der Waals surface area (Å²) in [5.41, 5.74) is 8.14. The highest BCUT2D eigenvalue weighted by molar-refractivity contribution is 7.17. The van der Waals surface area contributed by atoms with Crippen molar-refractivity contribution in [1.29, 1.82) is 0 Å². The van der Waals surface area contributed by atoms with Gasteiger partial charge in [-0.15, -0.1) is 11.3 Å². The zero-order chi connectivity index (χ0) is 13.9. The van der Waals surface area contributed by atoms with Crippen molar-refractivity contribution in [3.8, 4) is 5.75 Å². The Labute approximate surface area is 126 Å². The normalized spacial score (nSPS) is 10.9. The van der Waals surface area contributed by atoms with Crippen LogP contribution in [0.1, 0.15) is 11.1 Å². The van der Waals surface area contributed by atoms with Crippen molar-refractivity contribution < 1.29 is 4.74 Å². The molecule has 2 N–H and O–H groups in total. The van der Waals surface area contributed by atoms with Crippen LogP contribution in [-0.4, -0.2) is 0 Å². The summed E-state index contributed by atoms with van der Waals surface area (Å²) in [6, 6.07) is 13.6. The molecule has 0 atom stereocenters. The van der Waals surface area contributed by atoms with Crippen LogP contribution in [0.15, 0.2) is 47.8 Å². The Morgan fingerprint density at radius 1 is 1.05 bits per heavy atom. The highest BCUT2D eigenvalue weighted by Gasteiger charge is 2.07. The molecular weight excluding hydrogens is 290 g/mol. The molecule has 0 spiro atoms. The van der Waals surface area contributed by atoms with Crippen molar-refractivity contribution in [2.45, 2.75) is 13.2 Å². The molecule has 0 saturated heterocycles. The predicted molar refractivity (Wildman–Crippen MR) is 85.5 cm³/mol. The second-order valence-corrected chi connectivity index (χ2v) is 5.82. The predicted octanol–water partition coefficient (Wildman–Crippen LogP) is 4.59. The van der Waals surface area contributed by atoms with E-state index in [1.54, 1.807) is 11.3 Å². The van der Waals surface area contributed by atoms with E-state index in [1.165, 1.54) is 21.2 Å². The molecule has 1 aromatic heterocycles. The fourth-order valence-electron chi connectivity index (χ4n) is 2.13. The number of benzene rings is 2. The Morgan fingerprint density at radius 3 is 2.60 bits per heavy atom. The largest absolute Gasteiger partial charge is 0.489 e. The first-order valence-electron chi connectivity index (χ1n) is 6.34. The summed E-state index contributed by atoms with van der Waals surface area (Å²) in [5, 5.41) is 4.08. The van der Waals surface area contributed by atoms with E-state index < -0.39 is 0 Å². The van der Waals surface area contributed by atoms with Gasteiger partial charge in [0.15, 0.2) is 0 Å². The first-order valence-corrected chi connectivity index (χ1v) is 7.60. The van der Waals surface area contributed by atoms with E-state index in [4.69, 9.17) is 22.1 Å². The van der Waals surface area contributed by atoms with E-state index in [-0.39, 0.29) is 0 Å². The van der Waals surface area contributed by atoms with Crippen LogP contribution in [0.2, 0.25) is 5.02 Å². The molecule has 4 heteroatoms. The number of hydrogen-bond donors (Lipinski definition) is 1. The van der Waals surface area contributed by atoms with E-state index in [2.05, 4.69) is 17.5 Å². The number of ether oxygens (including phenoxy) is 1. The lowest BCUT2D eigenvalue weighted by atomic mass is 10.1. The standard InChI is InChI=1S/C16H14ClNOS/c17-13-4-6-14(7-5-13)19-9-12-10-20-16-11(8-18)2-1-3-15(12)16/h1-7,10H,8-9,18H2. The smallest absolute Gasteiger partial charge is 0.119 e. The fourth-order valence-corrected chi connectivity index (χ4v) is 3.34. The number of thiophene rings is 1. The number of nitrogens with two attached hydrogens (primary N) is 1. The SMILES string of the molecule is NCc1cccc2c(COc3ccc(Cl)cc3)csc12. The molecule has 0 unspecified atom stereocenters. The molecule has 3 rings (SSSR count). The van der Waals surface area contributed by atoms with Crippen molar-refractivity contribution in [2.75, 3.05) is 0 Å². The van der Waals surface area contributed by atoms with Gasteiger partial charge in [-0.25, -0.2) is 0 Å². The molecule has 2 nitrogen and oxygen atoms in total. The number of rotatable bonds is 4. The molecule has 0 aliphatic heterocycles. The van der Waals surface area contributed by atoms with Gasteiger partial charge in [-0.2, -0.15) is 0 Å². The third-order valence-electron chi connectivity index (χ3n) is 3.19. The molecule has 0 saturated carbocycles. The summed E-state index contributed by atoms with van der Waals surface area (Å²) in [7, 11) is 0. The van der Waals surface area contributed by atoms with Crippen molar-refractivity contribution in [3.05, 3.63) is 64.0 Å². The van der Waals surface area contributed by atoms with Gasteiger partial charge in [0.1, 0.15) is 12.4 Å². The van der Waals surface area contributed by atoms with Gasteiger partial charge < -0.3 is 10.5 Å². The highest BCUT2D eigenvalue weighted by atomic mass is 35.5. The van der Waals surface area contributed by atoms with Crippen molar-refractivity contribution in [2.24, 2.45) is 5.73 Å². The van der Waals surface area contributed by atoms with Crippen LogP contribution in [0, 0.1) is 0 Å². The maximum atomic E-state index is 5.86. The van der Waals surface area contributed by atoms with Gasteiger partial charge in [-0.05, 0) is 40.6 Å². The van der Waals surface area contributed by atoms with Crippen LogP contribution in [-0.2, 0) is 13.2 Å². The van der Waals surface area contributed by atoms with Crippen molar-refractivity contribution >= 4 is 33.0 Å². The van der Waals surface area contributed by atoms with Crippen LogP contribution in [0.4, 0.5) is 0 Å².